The molecule has 6 heteroatoms. The SMILES string of the molecule is CN1CC(=O)N(Cc2c(N)cccc2F)C1=O. The van der Waals surface area contributed by atoms with E-state index in [9.17, 15) is 14.0 Å². The number of hydrogen-bond donors (Lipinski definition) is 1. The van der Waals surface area contributed by atoms with Gasteiger partial charge in [0.1, 0.15) is 12.4 Å². The Kier molecular flexibility index (Phi) is 2.71. The minimum Gasteiger partial charge on any atom is -0.398 e. The van der Waals surface area contributed by atoms with Gasteiger partial charge in [-0.15, -0.1) is 0 Å². The second-order valence-electron chi connectivity index (χ2n) is 3.93. The molecule has 90 valence electrons. The van der Waals surface area contributed by atoms with E-state index in [0.29, 0.717) is 0 Å². The van der Waals surface area contributed by atoms with Crippen molar-refractivity contribution < 1.29 is 14.0 Å². The largest absolute Gasteiger partial charge is 0.398 e. The van der Waals surface area contributed by atoms with Crippen LogP contribution >= 0.6 is 0 Å². The summed E-state index contributed by atoms with van der Waals surface area (Å²) >= 11 is 0. The van der Waals surface area contributed by atoms with Gasteiger partial charge in [-0.25, -0.2) is 9.18 Å². The van der Waals surface area contributed by atoms with E-state index in [0.717, 1.165) is 4.90 Å². The molecule has 1 heterocycles. The van der Waals surface area contributed by atoms with Crippen LogP contribution in [0.3, 0.4) is 0 Å². The molecule has 0 bridgehead atoms. The third-order valence-electron chi connectivity index (χ3n) is 2.70. The van der Waals surface area contributed by atoms with Gasteiger partial charge >= 0.3 is 6.03 Å². The van der Waals surface area contributed by atoms with Crippen molar-refractivity contribution in [3.8, 4) is 0 Å². The Balaban J connectivity index is 2.27. The van der Waals surface area contributed by atoms with Gasteiger partial charge in [0, 0.05) is 18.3 Å². The van der Waals surface area contributed by atoms with Gasteiger partial charge in [-0.2, -0.15) is 0 Å². The first-order valence-electron chi connectivity index (χ1n) is 5.09. The van der Waals surface area contributed by atoms with Crippen LogP contribution in [0.4, 0.5) is 14.9 Å². The number of nitrogens with zero attached hydrogens (tertiary/aromatic N) is 2. The maximum atomic E-state index is 13.5. The first-order valence-corrected chi connectivity index (χ1v) is 5.09. The summed E-state index contributed by atoms with van der Waals surface area (Å²) in [5.74, 6) is -0.861. The Bertz CT molecular complexity index is 469. The quantitative estimate of drug-likeness (QED) is 0.611. The Morgan fingerprint density at radius 3 is 2.65 bits per heavy atom. The predicted molar refractivity (Wildman–Crippen MR) is 59.4 cm³/mol. The number of hydrogen-bond acceptors (Lipinski definition) is 3. The van der Waals surface area contributed by atoms with Crippen molar-refractivity contribution >= 4 is 17.6 Å². The normalized spacial score (nSPS) is 15.9. The van der Waals surface area contributed by atoms with Crippen LogP contribution in [0.1, 0.15) is 5.56 Å². The van der Waals surface area contributed by atoms with Crippen molar-refractivity contribution in [2.75, 3.05) is 19.3 Å². The highest BCUT2D eigenvalue weighted by atomic mass is 19.1. The van der Waals surface area contributed by atoms with Crippen molar-refractivity contribution in [2.45, 2.75) is 6.54 Å². The van der Waals surface area contributed by atoms with E-state index < -0.39 is 11.8 Å². The third-order valence-corrected chi connectivity index (χ3v) is 2.70. The Morgan fingerprint density at radius 2 is 2.12 bits per heavy atom. The van der Waals surface area contributed by atoms with Crippen LogP contribution in [-0.4, -0.2) is 35.3 Å². The molecule has 0 unspecified atom stereocenters. The number of benzene rings is 1. The van der Waals surface area contributed by atoms with Gasteiger partial charge in [0.25, 0.3) is 5.91 Å². The average molecular weight is 237 g/mol. The first-order chi connectivity index (χ1) is 8.00. The lowest BCUT2D eigenvalue weighted by Crippen LogP contribution is -2.31. The molecule has 0 spiro atoms. The highest BCUT2D eigenvalue weighted by Crippen LogP contribution is 2.20. The molecule has 1 saturated heterocycles. The molecule has 5 nitrogen and oxygen atoms in total. The molecular formula is C11H12FN3O2. The molecule has 2 rings (SSSR count). The number of halogens is 1. The van der Waals surface area contributed by atoms with E-state index in [1.807, 2.05) is 0 Å². The Morgan fingerprint density at radius 1 is 1.41 bits per heavy atom. The van der Waals surface area contributed by atoms with E-state index in [2.05, 4.69) is 0 Å². The molecule has 1 aliphatic rings. The maximum Gasteiger partial charge on any atom is 0.327 e. The minimum absolute atomic E-state index is 0.0210. The van der Waals surface area contributed by atoms with Crippen LogP contribution in [0.2, 0.25) is 0 Å². The van der Waals surface area contributed by atoms with Gasteiger partial charge in [0.05, 0.1) is 6.54 Å². The zero-order valence-electron chi connectivity index (χ0n) is 9.31. The van der Waals surface area contributed by atoms with Gasteiger partial charge in [0.2, 0.25) is 0 Å². The molecule has 17 heavy (non-hydrogen) atoms. The smallest absolute Gasteiger partial charge is 0.327 e. The number of carbonyl (C=O) groups excluding carboxylic acids is 2. The molecule has 1 aliphatic heterocycles. The van der Waals surface area contributed by atoms with Crippen LogP contribution in [0.5, 0.6) is 0 Å². The molecule has 1 fully saturated rings. The summed E-state index contributed by atoms with van der Waals surface area (Å²) in [6.07, 6.45) is 0. The number of anilines is 1. The lowest BCUT2D eigenvalue weighted by atomic mass is 10.1. The number of rotatable bonds is 2. The summed E-state index contributed by atoms with van der Waals surface area (Å²) in [7, 11) is 1.52. The fraction of sp³-hybridized carbons (Fsp3) is 0.273. The van der Waals surface area contributed by atoms with Crippen molar-refractivity contribution in [3.05, 3.63) is 29.6 Å². The van der Waals surface area contributed by atoms with Crippen LogP contribution < -0.4 is 5.73 Å². The lowest BCUT2D eigenvalue weighted by molar-refractivity contribution is -0.125. The molecule has 0 aliphatic carbocycles. The summed E-state index contributed by atoms with van der Waals surface area (Å²) in [5.41, 5.74) is 6.03. The number of urea groups is 1. The number of nitrogens with two attached hydrogens (primary N) is 1. The second-order valence-corrected chi connectivity index (χ2v) is 3.93. The third kappa shape index (κ3) is 1.93. The molecule has 0 atom stereocenters. The highest BCUT2D eigenvalue weighted by Gasteiger charge is 2.34. The van der Waals surface area contributed by atoms with Crippen LogP contribution in [0.25, 0.3) is 0 Å². The molecular weight excluding hydrogens is 225 g/mol. The fourth-order valence-corrected chi connectivity index (χ4v) is 1.72. The Labute approximate surface area is 97.6 Å². The zero-order chi connectivity index (χ0) is 12.6. The molecule has 0 radical (unpaired) electrons. The van der Waals surface area contributed by atoms with E-state index in [-0.39, 0.29) is 30.2 Å². The number of likely N-dealkylation sites (N-methyl/N-ethyl adjacent to an activating group) is 1. The lowest BCUT2D eigenvalue weighted by Gasteiger charge is -2.15. The standard InChI is InChI=1S/C11H12FN3O2/c1-14-6-10(16)15(11(14)17)5-7-8(12)3-2-4-9(7)13/h2-4H,5-6,13H2,1H3. The number of imide groups is 1. The molecule has 0 aromatic heterocycles. The van der Waals surface area contributed by atoms with Crippen molar-refractivity contribution in [1.82, 2.24) is 9.80 Å². The van der Waals surface area contributed by atoms with Crippen molar-refractivity contribution in [1.29, 1.82) is 0 Å². The monoisotopic (exact) mass is 237 g/mol. The van der Waals surface area contributed by atoms with E-state index in [1.165, 1.54) is 30.1 Å². The maximum absolute atomic E-state index is 13.5. The molecule has 3 amide bonds. The number of carbonyl (C=O) groups is 2. The van der Waals surface area contributed by atoms with Crippen molar-refractivity contribution in [2.24, 2.45) is 0 Å². The van der Waals surface area contributed by atoms with Gasteiger partial charge in [0.15, 0.2) is 0 Å². The van der Waals surface area contributed by atoms with E-state index >= 15 is 0 Å². The topological polar surface area (TPSA) is 66.6 Å². The van der Waals surface area contributed by atoms with Crippen LogP contribution in [0, 0.1) is 5.82 Å². The molecule has 1 aromatic rings. The van der Waals surface area contributed by atoms with E-state index in [4.69, 9.17) is 5.73 Å². The first kappa shape index (κ1) is 11.4. The summed E-state index contributed by atoms with van der Waals surface area (Å²) in [4.78, 5) is 25.4. The fourth-order valence-electron chi connectivity index (χ4n) is 1.72. The van der Waals surface area contributed by atoms with Crippen LogP contribution in [-0.2, 0) is 11.3 Å². The van der Waals surface area contributed by atoms with Gasteiger partial charge < -0.3 is 10.6 Å². The summed E-state index contributed by atoms with van der Waals surface area (Å²) in [6, 6.07) is 3.83. The molecule has 1 aromatic carbocycles. The Hall–Kier alpha value is -2.11. The summed E-state index contributed by atoms with van der Waals surface area (Å²) < 4.78 is 13.5. The van der Waals surface area contributed by atoms with Gasteiger partial charge in [-0.3, -0.25) is 9.69 Å². The van der Waals surface area contributed by atoms with Crippen molar-refractivity contribution in [3.63, 3.8) is 0 Å². The average Bonchev–Trinajstić information content (AvgIpc) is 2.49. The van der Waals surface area contributed by atoms with E-state index in [1.54, 1.807) is 0 Å². The molecule has 0 saturated carbocycles. The molecule has 2 N–H and O–H groups in total. The minimum atomic E-state index is -0.514. The van der Waals surface area contributed by atoms with Crippen LogP contribution in [0.15, 0.2) is 18.2 Å². The summed E-state index contributed by atoms with van der Waals surface area (Å²) in [6.45, 7) is -0.103. The predicted octanol–water partition coefficient (Wildman–Crippen LogP) is 0.802. The zero-order valence-corrected chi connectivity index (χ0v) is 9.31. The number of nitrogen functional groups attached to an aromatic ring is 1. The highest BCUT2D eigenvalue weighted by molar-refractivity contribution is 6.01. The summed E-state index contributed by atoms with van der Waals surface area (Å²) in [5, 5.41) is 0. The second kappa shape index (κ2) is 4.04. The van der Waals surface area contributed by atoms with Gasteiger partial charge in [-0.1, -0.05) is 6.07 Å². The number of amides is 3. The van der Waals surface area contributed by atoms with Gasteiger partial charge in [-0.05, 0) is 12.1 Å².